The molecule has 0 aliphatic heterocycles. The van der Waals surface area contributed by atoms with Crippen molar-refractivity contribution in [1.29, 1.82) is 5.26 Å². The zero-order chi connectivity index (χ0) is 23.5. The molecule has 164 valence electrons. The van der Waals surface area contributed by atoms with Crippen LogP contribution in [0.25, 0.3) is 21.3 Å². The Morgan fingerprint density at radius 1 is 1.30 bits per heavy atom. The number of hydrogen-bond donors (Lipinski definition) is 3. The molecule has 0 bridgehead atoms. The highest BCUT2D eigenvalue weighted by Gasteiger charge is 2.26. The second-order valence-electron chi connectivity index (χ2n) is 7.34. The fraction of sp³-hybridized carbons (Fsp3) is 0.0800. The van der Waals surface area contributed by atoms with Crippen LogP contribution in [0.4, 0.5) is 16.5 Å². The summed E-state index contributed by atoms with van der Waals surface area (Å²) in [6.07, 6.45) is 1.61. The molecule has 33 heavy (non-hydrogen) atoms. The van der Waals surface area contributed by atoms with Crippen molar-refractivity contribution in [3.8, 4) is 17.2 Å². The summed E-state index contributed by atoms with van der Waals surface area (Å²) in [6, 6.07) is 17.1. The molecule has 0 atom stereocenters. The van der Waals surface area contributed by atoms with Crippen LogP contribution < -0.4 is 16.4 Å². The Morgan fingerprint density at radius 2 is 2.06 bits per heavy atom. The van der Waals surface area contributed by atoms with Crippen molar-refractivity contribution in [2.45, 2.75) is 6.92 Å². The van der Waals surface area contributed by atoms with E-state index in [1.54, 1.807) is 18.2 Å². The lowest BCUT2D eigenvalue weighted by atomic mass is 10.00. The van der Waals surface area contributed by atoms with Gasteiger partial charge in [0.15, 0.2) is 0 Å². The first kappa shape index (κ1) is 22.3. The summed E-state index contributed by atoms with van der Waals surface area (Å²) in [4.78, 5) is 17.6. The number of nitriles is 1. The van der Waals surface area contributed by atoms with Crippen LogP contribution in [0.2, 0.25) is 5.02 Å². The van der Waals surface area contributed by atoms with Gasteiger partial charge in [-0.2, -0.15) is 5.26 Å². The fourth-order valence-corrected chi connectivity index (χ4v) is 4.88. The van der Waals surface area contributed by atoms with Crippen LogP contribution in [0.1, 0.15) is 21.5 Å². The molecule has 0 radical (unpaired) electrons. The first-order valence-corrected chi connectivity index (χ1v) is 11.3. The highest BCUT2D eigenvalue weighted by molar-refractivity contribution is 7.24. The van der Waals surface area contributed by atoms with E-state index in [4.69, 9.17) is 17.3 Å². The zero-order valence-electron chi connectivity index (χ0n) is 17.8. The van der Waals surface area contributed by atoms with Crippen molar-refractivity contribution in [2.24, 2.45) is 0 Å². The molecule has 1 amide bonds. The van der Waals surface area contributed by atoms with Crippen molar-refractivity contribution in [2.75, 3.05) is 17.6 Å². The van der Waals surface area contributed by atoms with Crippen molar-refractivity contribution < 1.29 is 4.79 Å². The number of nitrogens with one attached hydrogen (secondary N) is 2. The number of nitrogen functional groups attached to an aromatic ring is 1. The highest BCUT2D eigenvalue weighted by Crippen LogP contribution is 2.44. The Labute approximate surface area is 200 Å². The molecule has 4 aromatic rings. The maximum absolute atomic E-state index is 13.2. The van der Waals surface area contributed by atoms with Gasteiger partial charge >= 0.3 is 0 Å². The standard InChI is InChI=1S/C25H20ClN5OS/c1-3-11-29-24(32)20-21-22(33-25(20)30-17-6-4-5-14(2)12-17)19(18(13-27)23(28)31-21)15-7-9-16(26)10-8-15/h3-10,12,30H,1,11H2,2H3,(H2,28,31)(H,29,32). The summed E-state index contributed by atoms with van der Waals surface area (Å²) in [6.45, 7) is 5.96. The number of hydrogen-bond acceptors (Lipinski definition) is 6. The second kappa shape index (κ2) is 9.33. The quantitative estimate of drug-likeness (QED) is 0.296. The Bertz CT molecular complexity index is 1420. The number of aromatic nitrogens is 1. The van der Waals surface area contributed by atoms with Gasteiger partial charge in [-0.3, -0.25) is 4.79 Å². The number of pyridine rings is 1. The van der Waals surface area contributed by atoms with E-state index >= 15 is 0 Å². The molecular weight excluding hydrogens is 454 g/mol. The minimum Gasteiger partial charge on any atom is -0.383 e. The number of fused-ring (bicyclic) bond motifs is 1. The Morgan fingerprint density at radius 3 is 2.73 bits per heavy atom. The number of thiophene rings is 1. The topological polar surface area (TPSA) is 104 Å². The molecule has 0 saturated carbocycles. The Hall–Kier alpha value is -3.86. The lowest BCUT2D eigenvalue weighted by molar-refractivity contribution is 0.0960. The minimum atomic E-state index is -0.310. The summed E-state index contributed by atoms with van der Waals surface area (Å²) in [7, 11) is 0. The van der Waals surface area contributed by atoms with Gasteiger partial charge in [-0.25, -0.2) is 4.98 Å². The molecule has 0 saturated heterocycles. The van der Waals surface area contributed by atoms with E-state index in [1.165, 1.54) is 11.3 Å². The number of benzene rings is 2. The van der Waals surface area contributed by atoms with Crippen LogP contribution in [0, 0.1) is 18.3 Å². The predicted molar refractivity (Wildman–Crippen MR) is 136 cm³/mol. The molecule has 0 fully saturated rings. The number of amides is 1. The van der Waals surface area contributed by atoms with Crippen LogP contribution in [-0.2, 0) is 0 Å². The van der Waals surface area contributed by atoms with E-state index in [1.807, 2.05) is 43.3 Å². The SMILES string of the molecule is C=CCNC(=O)c1c(Nc2cccc(C)c2)sc2c(-c3ccc(Cl)cc3)c(C#N)c(N)nc12. The molecule has 2 aromatic heterocycles. The monoisotopic (exact) mass is 473 g/mol. The molecule has 0 unspecified atom stereocenters. The largest absolute Gasteiger partial charge is 0.383 e. The Kier molecular flexibility index (Phi) is 6.31. The Balaban J connectivity index is 2.01. The van der Waals surface area contributed by atoms with Crippen LogP contribution in [0.5, 0.6) is 0 Å². The molecular formula is C25H20ClN5OS. The van der Waals surface area contributed by atoms with Crippen LogP contribution >= 0.6 is 22.9 Å². The number of halogens is 1. The number of carbonyl (C=O) groups excluding carboxylic acids is 1. The van der Waals surface area contributed by atoms with Crippen molar-refractivity contribution in [1.82, 2.24) is 10.3 Å². The molecule has 4 rings (SSSR count). The normalized spacial score (nSPS) is 10.6. The molecule has 8 heteroatoms. The van der Waals surface area contributed by atoms with Crippen molar-refractivity contribution in [3.05, 3.63) is 82.9 Å². The van der Waals surface area contributed by atoms with E-state index in [0.717, 1.165) is 16.8 Å². The zero-order valence-corrected chi connectivity index (χ0v) is 19.3. The molecule has 2 heterocycles. The molecule has 0 spiro atoms. The number of rotatable bonds is 6. The van der Waals surface area contributed by atoms with Gasteiger partial charge in [-0.1, -0.05) is 41.9 Å². The van der Waals surface area contributed by atoms with Gasteiger partial charge in [0.2, 0.25) is 0 Å². The van der Waals surface area contributed by atoms with E-state index in [9.17, 15) is 10.1 Å². The maximum atomic E-state index is 13.2. The molecule has 0 aliphatic carbocycles. The molecule has 2 aromatic carbocycles. The summed E-state index contributed by atoms with van der Waals surface area (Å²) in [5.74, 6) is -0.248. The lowest BCUT2D eigenvalue weighted by Gasteiger charge is -2.10. The number of anilines is 3. The lowest BCUT2D eigenvalue weighted by Crippen LogP contribution is -2.23. The smallest absolute Gasteiger partial charge is 0.256 e. The van der Waals surface area contributed by atoms with E-state index in [0.29, 0.717) is 37.9 Å². The summed E-state index contributed by atoms with van der Waals surface area (Å²) in [5, 5.41) is 17.2. The molecule has 0 aliphatic rings. The summed E-state index contributed by atoms with van der Waals surface area (Å²) < 4.78 is 0.682. The fourth-order valence-electron chi connectivity index (χ4n) is 3.53. The third-order valence-corrected chi connectivity index (χ3v) is 6.37. The van der Waals surface area contributed by atoms with Crippen LogP contribution in [-0.4, -0.2) is 17.4 Å². The van der Waals surface area contributed by atoms with Gasteiger partial charge in [-0.05, 0) is 42.3 Å². The first-order valence-electron chi connectivity index (χ1n) is 10.1. The number of nitrogens with zero attached hydrogens (tertiary/aromatic N) is 2. The number of nitrogens with two attached hydrogens (primary N) is 1. The molecule has 4 N–H and O–H groups in total. The van der Waals surface area contributed by atoms with Crippen LogP contribution in [0.15, 0.2) is 61.2 Å². The van der Waals surface area contributed by atoms with Gasteiger partial charge in [-0.15, -0.1) is 17.9 Å². The maximum Gasteiger partial charge on any atom is 0.256 e. The molecule has 6 nitrogen and oxygen atoms in total. The predicted octanol–water partition coefficient (Wildman–Crippen LogP) is 6.04. The third-order valence-electron chi connectivity index (χ3n) is 5.00. The van der Waals surface area contributed by atoms with Gasteiger partial charge in [0.25, 0.3) is 5.91 Å². The van der Waals surface area contributed by atoms with Gasteiger partial charge in [0.05, 0.1) is 10.2 Å². The van der Waals surface area contributed by atoms with Crippen molar-refractivity contribution in [3.63, 3.8) is 0 Å². The average Bonchev–Trinajstić information content (AvgIpc) is 3.14. The van der Waals surface area contributed by atoms with Crippen LogP contribution in [0.3, 0.4) is 0 Å². The first-order chi connectivity index (χ1) is 15.9. The average molecular weight is 474 g/mol. The minimum absolute atomic E-state index is 0.0626. The van der Waals surface area contributed by atoms with Gasteiger partial charge in [0, 0.05) is 22.8 Å². The summed E-state index contributed by atoms with van der Waals surface area (Å²) >= 11 is 7.42. The van der Waals surface area contributed by atoms with Crippen molar-refractivity contribution >= 4 is 55.6 Å². The van der Waals surface area contributed by atoms with Gasteiger partial charge in [0.1, 0.15) is 28.0 Å². The number of carbonyl (C=O) groups is 1. The number of aryl methyl sites for hydroxylation is 1. The van der Waals surface area contributed by atoms with E-state index in [2.05, 4.69) is 28.3 Å². The highest BCUT2D eigenvalue weighted by atomic mass is 35.5. The second-order valence-corrected chi connectivity index (χ2v) is 8.80. The van der Waals surface area contributed by atoms with E-state index in [-0.39, 0.29) is 17.3 Å². The van der Waals surface area contributed by atoms with E-state index < -0.39 is 0 Å². The third kappa shape index (κ3) is 4.40. The summed E-state index contributed by atoms with van der Waals surface area (Å²) in [5.41, 5.74) is 10.5. The van der Waals surface area contributed by atoms with Gasteiger partial charge < -0.3 is 16.4 Å².